The van der Waals surface area contributed by atoms with E-state index in [9.17, 15) is 0 Å². The van der Waals surface area contributed by atoms with E-state index in [0.29, 0.717) is 6.42 Å². The Kier molecular flexibility index (Phi) is 4.90. The molecule has 0 radical (unpaired) electrons. The number of piperazine rings is 1. The maximum atomic E-state index is 6.26. The van der Waals surface area contributed by atoms with Crippen LogP contribution in [-0.2, 0) is 15.7 Å². The maximum absolute atomic E-state index is 6.26. The average molecular weight is 340 g/mol. The summed E-state index contributed by atoms with van der Waals surface area (Å²) in [6, 6.07) is 4.38. The van der Waals surface area contributed by atoms with Crippen molar-refractivity contribution < 1.29 is 9.31 Å². The molecule has 2 aliphatic heterocycles. The van der Waals surface area contributed by atoms with E-state index in [4.69, 9.17) is 15.7 Å². The summed E-state index contributed by atoms with van der Waals surface area (Å²) in [5.41, 5.74) is 4.07. The second-order valence-corrected chi connectivity index (χ2v) is 8.03. The molecule has 134 valence electrons. The molecule has 1 N–H and O–H groups in total. The van der Waals surface area contributed by atoms with Crippen LogP contribution in [0, 0.1) is 19.3 Å². The second-order valence-electron chi connectivity index (χ2n) is 8.03. The molecule has 0 saturated carbocycles. The highest BCUT2D eigenvalue weighted by Gasteiger charge is 2.51. The number of hydrogen-bond acceptors (Lipinski definition) is 4. The zero-order valence-corrected chi connectivity index (χ0v) is 16.1. The van der Waals surface area contributed by atoms with Crippen molar-refractivity contribution in [2.75, 3.05) is 31.1 Å². The minimum atomic E-state index is -0.358. The molecule has 5 heteroatoms. The molecular weight excluding hydrogens is 311 g/mol. The van der Waals surface area contributed by atoms with Crippen LogP contribution in [0.3, 0.4) is 0 Å². The normalized spacial score (nSPS) is 22.1. The fourth-order valence-electron chi connectivity index (χ4n) is 3.42. The summed E-state index contributed by atoms with van der Waals surface area (Å²) in [7, 11) is -0.358. The summed E-state index contributed by atoms with van der Waals surface area (Å²) in [5.74, 6) is 2.79. The number of anilines is 1. The standard InChI is InChI=1S/C20H29BN2O2/c1-7-8-16-13-17(21-24-19(3,4)20(5,6)25-21)14-18(15(16)2)23-11-9-22-10-12-23/h1,13-14,22H,8-12H2,2-6H3. The number of hydrogen-bond donors (Lipinski definition) is 1. The smallest absolute Gasteiger partial charge is 0.399 e. The topological polar surface area (TPSA) is 33.7 Å². The number of benzene rings is 1. The lowest BCUT2D eigenvalue weighted by atomic mass is 9.76. The predicted molar refractivity (Wildman–Crippen MR) is 105 cm³/mol. The monoisotopic (exact) mass is 340 g/mol. The summed E-state index contributed by atoms with van der Waals surface area (Å²) in [6.07, 6.45) is 6.23. The molecule has 3 rings (SSSR count). The van der Waals surface area contributed by atoms with Crippen LogP contribution in [0.5, 0.6) is 0 Å². The van der Waals surface area contributed by atoms with Gasteiger partial charge in [-0.1, -0.05) is 6.07 Å². The van der Waals surface area contributed by atoms with Gasteiger partial charge in [0.25, 0.3) is 0 Å². The van der Waals surface area contributed by atoms with Crippen molar-refractivity contribution in [2.24, 2.45) is 0 Å². The Labute approximate surface area is 152 Å². The molecule has 0 bridgehead atoms. The van der Waals surface area contributed by atoms with Crippen LogP contribution >= 0.6 is 0 Å². The Hall–Kier alpha value is -1.48. The van der Waals surface area contributed by atoms with Crippen LogP contribution in [0.1, 0.15) is 38.8 Å². The first-order valence-electron chi connectivity index (χ1n) is 9.13. The summed E-state index contributed by atoms with van der Waals surface area (Å²) in [6.45, 7) is 14.5. The Bertz CT molecular complexity index is 672. The highest BCUT2D eigenvalue weighted by molar-refractivity contribution is 6.62. The van der Waals surface area contributed by atoms with E-state index in [0.717, 1.165) is 31.6 Å². The van der Waals surface area contributed by atoms with E-state index in [1.54, 1.807) is 0 Å². The molecule has 0 aliphatic carbocycles. The van der Waals surface area contributed by atoms with Gasteiger partial charge in [-0.05, 0) is 57.3 Å². The van der Waals surface area contributed by atoms with Gasteiger partial charge in [0, 0.05) is 38.3 Å². The minimum Gasteiger partial charge on any atom is -0.399 e. The molecule has 1 aromatic carbocycles. The van der Waals surface area contributed by atoms with Gasteiger partial charge >= 0.3 is 7.12 Å². The lowest BCUT2D eigenvalue weighted by molar-refractivity contribution is 0.00578. The fraction of sp³-hybridized carbons (Fsp3) is 0.600. The molecule has 2 fully saturated rings. The highest BCUT2D eigenvalue weighted by Crippen LogP contribution is 2.37. The van der Waals surface area contributed by atoms with E-state index in [1.807, 2.05) is 0 Å². The average Bonchev–Trinajstić information content (AvgIpc) is 2.78. The van der Waals surface area contributed by atoms with Gasteiger partial charge in [-0.25, -0.2) is 0 Å². The summed E-state index contributed by atoms with van der Waals surface area (Å²) < 4.78 is 12.5. The van der Waals surface area contributed by atoms with Crippen LogP contribution in [0.25, 0.3) is 0 Å². The van der Waals surface area contributed by atoms with Crippen molar-refractivity contribution in [1.82, 2.24) is 5.32 Å². The number of nitrogens with one attached hydrogen (secondary N) is 1. The molecular formula is C20H29BN2O2. The van der Waals surface area contributed by atoms with Gasteiger partial charge in [-0.2, -0.15) is 0 Å². The van der Waals surface area contributed by atoms with E-state index >= 15 is 0 Å². The Morgan fingerprint density at radius 3 is 2.32 bits per heavy atom. The third-order valence-electron chi connectivity index (χ3n) is 5.79. The van der Waals surface area contributed by atoms with Gasteiger partial charge < -0.3 is 19.5 Å². The first-order chi connectivity index (χ1) is 11.7. The van der Waals surface area contributed by atoms with Crippen molar-refractivity contribution in [3.05, 3.63) is 23.3 Å². The van der Waals surface area contributed by atoms with Gasteiger partial charge in [0.15, 0.2) is 0 Å². The molecule has 25 heavy (non-hydrogen) atoms. The zero-order valence-electron chi connectivity index (χ0n) is 16.1. The maximum Gasteiger partial charge on any atom is 0.494 e. The van der Waals surface area contributed by atoms with E-state index in [1.165, 1.54) is 16.8 Å². The molecule has 1 aromatic rings. The van der Waals surface area contributed by atoms with Gasteiger partial charge in [0.05, 0.1) is 11.2 Å². The van der Waals surface area contributed by atoms with E-state index in [-0.39, 0.29) is 18.3 Å². The Morgan fingerprint density at radius 2 is 1.76 bits per heavy atom. The second kappa shape index (κ2) is 6.68. The predicted octanol–water partition coefficient (Wildman–Crippen LogP) is 1.88. The summed E-state index contributed by atoms with van der Waals surface area (Å²) >= 11 is 0. The first-order valence-corrected chi connectivity index (χ1v) is 9.13. The largest absolute Gasteiger partial charge is 0.494 e. The van der Waals surface area contributed by atoms with Crippen molar-refractivity contribution >= 4 is 18.3 Å². The van der Waals surface area contributed by atoms with Crippen LogP contribution in [-0.4, -0.2) is 44.5 Å². The molecule has 0 atom stereocenters. The highest BCUT2D eigenvalue weighted by atomic mass is 16.7. The Balaban J connectivity index is 1.99. The molecule has 4 nitrogen and oxygen atoms in total. The summed E-state index contributed by atoms with van der Waals surface area (Å²) in [5, 5.41) is 3.41. The molecule has 0 aromatic heterocycles. The van der Waals surface area contributed by atoms with Gasteiger partial charge in [0.2, 0.25) is 0 Å². The SMILES string of the molecule is C#CCc1cc(B2OC(C)(C)C(C)(C)O2)cc(N2CCNCC2)c1C. The Morgan fingerprint density at radius 1 is 1.16 bits per heavy atom. The lowest BCUT2D eigenvalue weighted by Crippen LogP contribution is -2.44. The van der Waals surface area contributed by atoms with Crippen LogP contribution in [0.15, 0.2) is 12.1 Å². The van der Waals surface area contributed by atoms with E-state index < -0.39 is 0 Å². The van der Waals surface area contributed by atoms with Crippen LogP contribution in [0.2, 0.25) is 0 Å². The van der Waals surface area contributed by atoms with Crippen molar-refractivity contribution in [2.45, 2.75) is 52.2 Å². The van der Waals surface area contributed by atoms with Gasteiger partial charge in [-0.3, -0.25) is 0 Å². The molecule has 0 amide bonds. The molecule has 0 unspecified atom stereocenters. The third-order valence-corrected chi connectivity index (χ3v) is 5.79. The van der Waals surface area contributed by atoms with Crippen molar-refractivity contribution in [3.8, 4) is 12.3 Å². The zero-order chi connectivity index (χ0) is 18.2. The van der Waals surface area contributed by atoms with E-state index in [2.05, 4.69) is 62.9 Å². The third kappa shape index (κ3) is 3.44. The van der Waals surface area contributed by atoms with Gasteiger partial charge in [-0.15, -0.1) is 12.3 Å². The van der Waals surface area contributed by atoms with Gasteiger partial charge in [0.1, 0.15) is 0 Å². The van der Waals surface area contributed by atoms with Crippen LogP contribution in [0.4, 0.5) is 5.69 Å². The van der Waals surface area contributed by atoms with Crippen molar-refractivity contribution in [3.63, 3.8) is 0 Å². The quantitative estimate of drug-likeness (QED) is 0.673. The molecule has 2 aliphatic rings. The molecule has 2 saturated heterocycles. The fourth-order valence-corrected chi connectivity index (χ4v) is 3.42. The van der Waals surface area contributed by atoms with Crippen LogP contribution < -0.4 is 15.7 Å². The number of terminal acetylenes is 1. The first kappa shape index (κ1) is 18.3. The summed E-state index contributed by atoms with van der Waals surface area (Å²) in [4.78, 5) is 2.43. The minimum absolute atomic E-state index is 0.343. The lowest BCUT2D eigenvalue weighted by Gasteiger charge is -2.32. The molecule has 0 spiro atoms. The molecule has 2 heterocycles. The number of nitrogens with zero attached hydrogens (tertiary/aromatic N) is 1. The van der Waals surface area contributed by atoms with Crippen molar-refractivity contribution in [1.29, 1.82) is 0 Å². The number of rotatable bonds is 3.